The Kier molecular flexibility index (Phi) is 16.4. The van der Waals surface area contributed by atoms with Gasteiger partial charge < -0.3 is 41.6 Å². The second-order valence-corrected chi connectivity index (χ2v) is 8.04. The molecule has 0 aromatic heterocycles. The van der Waals surface area contributed by atoms with E-state index in [0.717, 1.165) is 38.5 Å². The lowest BCUT2D eigenvalue weighted by Crippen LogP contribution is -2.57. The molecule has 0 aliphatic heterocycles. The van der Waals surface area contributed by atoms with Crippen molar-refractivity contribution < 1.29 is 48.1 Å². The smallest absolute Gasteiger partial charge is 0.330 e. The van der Waals surface area contributed by atoms with Crippen molar-refractivity contribution in [3.63, 3.8) is 0 Å². The van der Waals surface area contributed by atoms with Crippen LogP contribution in [-0.2, 0) is 43.0 Å². The highest BCUT2D eigenvalue weighted by atomic mass is 32.2. The second-order valence-electron chi connectivity index (χ2n) is 7.05. The van der Waals surface area contributed by atoms with Crippen LogP contribution in [0, 0.1) is 0 Å². The van der Waals surface area contributed by atoms with Gasteiger partial charge in [-0.2, -0.15) is 11.8 Å². The number of rotatable bonds is 16. The minimum absolute atomic E-state index is 0.125. The van der Waals surface area contributed by atoms with Crippen molar-refractivity contribution in [1.82, 2.24) is 21.3 Å². The van der Waals surface area contributed by atoms with E-state index in [4.69, 9.17) is 5.73 Å². The number of hydrogen-bond acceptors (Lipinski definition) is 11. The quantitative estimate of drug-likeness (QED) is 0.0832. The number of carboxylic acid groups (broad SMARTS) is 1. The lowest BCUT2D eigenvalue weighted by atomic mass is 10.1. The predicted octanol–water partition coefficient (Wildman–Crippen LogP) is -3.19. The summed E-state index contributed by atoms with van der Waals surface area (Å²) in [6, 6.07) is -3.99. The molecule has 0 aliphatic rings. The molecule has 3 unspecified atom stereocenters. The first-order chi connectivity index (χ1) is 17.4. The van der Waals surface area contributed by atoms with Crippen LogP contribution in [0.3, 0.4) is 0 Å². The van der Waals surface area contributed by atoms with E-state index in [9.17, 15) is 38.7 Å². The number of esters is 2. The number of ether oxygens (including phenoxy) is 2. The zero-order chi connectivity index (χ0) is 28.4. The van der Waals surface area contributed by atoms with E-state index in [1.165, 1.54) is 11.8 Å². The molecule has 3 atom stereocenters. The van der Waals surface area contributed by atoms with E-state index in [1.54, 1.807) is 6.26 Å². The van der Waals surface area contributed by atoms with Crippen molar-refractivity contribution in [2.24, 2.45) is 5.73 Å². The van der Waals surface area contributed by atoms with E-state index in [1.807, 2.05) is 0 Å². The average molecular weight is 546 g/mol. The van der Waals surface area contributed by atoms with Crippen LogP contribution < -0.4 is 27.0 Å². The Bertz CT molecular complexity index is 908. The van der Waals surface area contributed by atoms with Crippen LogP contribution in [0.25, 0.3) is 0 Å². The van der Waals surface area contributed by atoms with Gasteiger partial charge in [0.15, 0.2) is 0 Å². The normalized spacial score (nSPS) is 13.2. The molecule has 0 heterocycles. The third-order valence-corrected chi connectivity index (χ3v) is 4.96. The number of nitrogens with one attached hydrogen (secondary N) is 4. The van der Waals surface area contributed by atoms with Gasteiger partial charge in [-0.25, -0.2) is 14.4 Å². The topological polar surface area (TPSA) is 232 Å². The highest BCUT2D eigenvalue weighted by Gasteiger charge is 2.28. The van der Waals surface area contributed by atoms with E-state index >= 15 is 0 Å². The minimum atomic E-state index is -1.55. The number of carbonyl (C=O) groups is 7. The lowest BCUT2D eigenvalue weighted by molar-refractivity contribution is -0.142. The zero-order valence-electron chi connectivity index (χ0n) is 20.5. The first-order valence-corrected chi connectivity index (χ1v) is 12.0. The maximum Gasteiger partial charge on any atom is 0.330 e. The molecule has 0 bridgehead atoms. The van der Waals surface area contributed by atoms with Gasteiger partial charge in [-0.15, -0.1) is 0 Å². The van der Waals surface area contributed by atoms with Crippen molar-refractivity contribution in [2.75, 3.05) is 39.3 Å². The van der Waals surface area contributed by atoms with Crippen LogP contribution >= 0.6 is 11.8 Å². The SMILES string of the molecule is COC(=O)/C=C/C(=O)NCC(N)C(=O)NC(CCSC)C(=O)NC(CNC(=O)/C=C/C(=O)OC)C(=O)O. The van der Waals surface area contributed by atoms with Crippen molar-refractivity contribution >= 4 is 53.3 Å². The summed E-state index contributed by atoms with van der Waals surface area (Å²) in [4.78, 5) is 82.1. The van der Waals surface area contributed by atoms with Gasteiger partial charge in [0.05, 0.1) is 14.2 Å². The summed E-state index contributed by atoms with van der Waals surface area (Å²) in [7, 11) is 2.24. The zero-order valence-corrected chi connectivity index (χ0v) is 21.3. The number of hydrogen-bond donors (Lipinski definition) is 6. The fourth-order valence-corrected chi connectivity index (χ4v) is 2.77. The van der Waals surface area contributed by atoms with Gasteiger partial charge in [-0.3, -0.25) is 19.2 Å². The van der Waals surface area contributed by atoms with Crippen molar-refractivity contribution in [2.45, 2.75) is 24.5 Å². The minimum Gasteiger partial charge on any atom is -0.480 e. The van der Waals surface area contributed by atoms with Crippen LogP contribution in [0.15, 0.2) is 24.3 Å². The first kappa shape index (κ1) is 33.1. The summed E-state index contributed by atoms with van der Waals surface area (Å²) < 4.78 is 8.68. The number of carbonyl (C=O) groups excluding carboxylic acids is 6. The van der Waals surface area contributed by atoms with Gasteiger partial charge in [0.25, 0.3) is 0 Å². The Morgan fingerprint density at radius 2 is 1.30 bits per heavy atom. The molecule has 0 saturated carbocycles. The fourth-order valence-electron chi connectivity index (χ4n) is 2.30. The van der Waals surface area contributed by atoms with Crippen LogP contribution in [-0.4, -0.2) is 104 Å². The molecule has 0 spiro atoms. The molecule has 0 fully saturated rings. The molecule has 0 aromatic carbocycles. The largest absolute Gasteiger partial charge is 0.480 e. The Labute approximate surface area is 216 Å². The molecular weight excluding hydrogens is 514 g/mol. The predicted molar refractivity (Wildman–Crippen MR) is 131 cm³/mol. The van der Waals surface area contributed by atoms with E-state index in [-0.39, 0.29) is 13.0 Å². The molecule has 7 N–H and O–H groups in total. The van der Waals surface area contributed by atoms with Crippen molar-refractivity contribution in [3.8, 4) is 0 Å². The molecular formula is C21H31N5O10S. The van der Waals surface area contributed by atoms with Crippen molar-refractivity contribution in [3.05, 3.63) is 24.3 Å². The Morgan fingerprint density at radius 3 is 1.76 bits per heavy atom. The maximum atomic E-state index is 12.7. The number of nitrogens with two attached hydrogens (primary N) is 1. The highest BCUT2D eigenvalue weighted by Crippen LogP contribution is 2.02. The van der Waals surface area contributed by atoms with Gasteiger partial charge in [-0.1, -0.05) is 0 Å². The first-order valence-electron chi connectivity index (χ1n) is 10.6. The highest BCUT2D eigenvalue weighted by molar-refractivity contribution is 7.98. The summed E-state index contributed by atoms with van der Waals surface area (Å²) in [6.07, 6.45) is 5.32. The summed E-state index contributed by atoms with van der Waals surface area (Å²) in [5.74, 6) is -5.73. The lowest BCUT2D eigenvalue weighted by Gasteiger charge is -2.23. The number of amides is 4. The molecule has 0 rings (SSSR count). The molecule has 37 heavy (non-hydrogen) atoms. The molecule has 0 saturated heterocycles. The third kappa shape index (κ3) is 14.9. The second kappa shape index (κ2) is 18.4. The Hall–Kier alpha value is -3.92. The summed E-state index contributed by atoms with van der Waals surface area (Å²) >= 11 is 1.37. The Balaban J connectivity index is 5.07. The van der Waals surface area contributed by atoms with E-state index < -0.39 is 66.2 Å². The standard InChI is InChI=1S/C21H31N5O10S/c1-35-17(29)6-4-15(27)23-10-12(22)19(31)25-13(8-9-37-3)20(32)26-14(21(33)34)11-24-16(28)5-7-18(30)36-2/h4-7,12-14H,8-11,22H2,1-3H3,(H,23,27)(H,24,28)(H,25,31)(H,26,32)(H,33,34)/b6-4+,7-5+. The summed E-state index contributed by atoms with van der Waals surface area (Å²) in [5, 5.41) is 18.6. The average Bonchev–Trinajstić information content (AvgIpc) is 2.88. The molecule has 0 aliphatic carbocycles. The number of aliphatic carboxylic acids is 1. The third-order valence-electron chi connectivity index (χ3n) is 4.32. The Morgan fingerprint density at radius 1 is 0.811 bits per heavy atom. The van der Waals surface area contributed by atoms with Crippen LogP contribution in [0.2, 0.25) is 0 Å². The summed E-state index contributed by atoms with van der Waals surface area (Å²) in [5.41, 5.74) is 5.75. The number of carboxylic acids is 1. The van der Waals surface area contributed by atoms with Crippen LogP contribution in [0.5, 0.6) is 0 Å². The molecule has 0 radical (unpaired) electrons. The van der Waals surface area contributed by atoms with Gasteiger partial charge >= 0.3 is 17.9 Å². The van der Waals surface area contributed by atoms with Gasteiger partial charge in [0.2, 0.25) is 23.6 Å². The van der Waals surface area contributed by atoms with Gasteiger partial charge in [0, 0.05) is 37.4 Å². The van der Waals surface area contributed by atoms with Crippen molar-refractivity contribution in [1.29, 1.82) is 0 Å². The molecule has 15 nitrogen and oxygen atoms in total. The maximum absolute atomic E-state index is 12.7. The molecule has 206 valence electrons. The summed E-state index contributed by atoms with van der Waals surface area (Å²) in [6.45, 7) is -0.838. The number of thioether (sulfide) groups is 1. The molecule has 0 aromatic rings. The fraction of sp³-hybridized carbons (Fsp3) is 0.476. The van der Waals surface area contributed by atoms with E-state index in [2.05, 4.69) is 30.7 Å². The van der Waals surface area contributed by atoms with E-state index in [0.29, 0.717) is 5.75 Å². The molecule has 4 amide bonds. The van der Waals surface area contributed by atoms with Crippen LogP contribution in [0.4, 0.5) is 0 Å². The molecule has 16 heteroatoms. The van der Waals surface area contributed by atoms with Gasteiger partial charge in [0.1, 0.15) is 18.1 Å². The van der Waals surface area contributed by atoms with Crippen LogP contribution in [0.1, 0.15) is 6.42 Å². The number of methoxy groups -OCH3 is 2. The monoisotopic (exact) mass is 545 g/mol. The van der Waals surface area contributed by atoms with Gasteiger partial charge in [-0.05, 0) is 18.4 Å².